The fourth-order valence-electron chi connectivity index (χ4n) is 3.05. The molecule has 5 amide bonds. The Kier molecular flexibility index (Phi) is 3.88. The molecule has 0 aliphatic carbocycles. The van der Waals surface area contributed by atoms with Crippen LogP contribution in [0.3, 0.4) is 0 Å². The molecule has 1 unspecified atom stereocenters. The molecule has 4 N–H and O–H groups in total. The van der Waals surface area contributed by atoms with E-state index in [1.54, 1.807) is 0 Å². The summed E-state index contributed by atoms with van der Waals surface area (Å²) in [6, 6.07) is 4.45. The number of benzene rings is 1. The van der Waals surface area contributed by atoms with Gasteiger partial charge in [-0.25, -0.2) is 0 Å². The maximum Gasteiger partial charge on any atom is 0.264 e. The first-order valence-electron chi connectivity index (χ1n) is 7.65. The SMILES string of the molecule is CC1(N2C(=O)c3cccc(NC(=O)CN)c3C2=O)CCC(=O)NC1=O. The number of rotatable bonds is 3. The van der Waals surface area contributed by atoms with Crippen LogP contribution >= 0.6 is 0 Å². The first-order chi connectivity index (χ1) is 11.8. The predicted octanol–water partition coefficient (Wildman–Crippen LogP) is -0.625. The summed E-state index contributed by atoms with van der Waals surface area (Å²) in [5.41, 5.74) is 4.05. The van der Waals surface area contributed by atoms with Crippen LogP contribution in [-0.4, -0.2) is 46.5 Å². The van der Waals surface area contributed by atoms with Gasteiger partial charge in [0.2, 0.25) is 11.8 Å². The first-order valence-corrected chi connectivity index (χ1v) is 7.65. The van der Waals surface area contributed by atoms with E-state index in [4.69, 9.17) is 5.73 Å². The Morgan fingerprint density at radius 3 is 2.64 bits per heavy atom. The molecule has 9 nitrogen and oxygen atoms in total. The van der Waals surface area contributed by atoms with E-state index >= 15 is 0 Å². The number of piperidine rings is 1. The summed E-state index contributed by atoms with van der Waals surface area (Å²) >= 11 is 0. The molecule has 0 radical (unpaired) electrons. The van der Waals surface area contributed by atoms with Crippen molar-refractivity contribution in [2.45, 2.75) is 25.3 Å². The third-order valence-corrected chi connectivity index (χ3v) is 4.45. The lowest BCUT2D eigenvalue weighted by molar-refractivity contribution is -0.141. The van der Waals surface area contributed by atoms with E-state index in [1.807, 2.05) is 0 Å². The minimum Gasteiger partial charge on any atom is -0.324 e. The van der Waals surface area contributed by atoms with Gasteiger partial charge in [0.25, 0.3) is 17.7 Å². The van der Waals surface area contributed by atoms with Crippen LogP contribution < -0.4 is 16.4 Å². The highest BCUT2D eigenvalue weighted by Crippen LogP contribution is 2.36. The third-order valence-electron chi connectivity index (χ3n) is 4.45. The topological polar surface area (TPSA) is 139 Å². The van der Waals surface area contributed by atoms with Crippen molar-refractivity contribution in [1.29, 1.82) is 0 Å². The molecule has 1 saturated heterocycles. The summed E-state index contributed by atoms with van der Waals surface area (Å²) in [6.45, 7) is 1.16. The van der Waals surface area contributed by atoms with Gasteiger partial charge in [0.1, 0.15) is 5.54 Å². The molecule has 0 aromatic heterocycles. The van der Waals surface area contributed by atoms with E-state index in [0.29, 0.717) is 0 Å². The van der Waals surface area contributed by atoms with Crippen LogP contribution in [0.5, 0.6) is 0 Å². The number of anilines is 1. The second-order valence-corrected chi connectivity index (χ2v) is 6.08. The van der Waals surface area contributed by atoms with Crippen molar-refractivity contribution in [2.24, 2.45) is 5.73 Å². The Bertz CT molecular complexity index is 834. The summed E-state index contributed by atoms with van der Waals surface area (Å²) in [5.74, 6) is -3.00. The van der Waals surface area contributed by atoms with Gasteiger partial charge in [0.15, 0.2) is 0 Å². The summed E-state index contributed by atoms with van der Waals surface area (Å²) in [7, 11) is 0. The molecular weight excluding hydrogens is 328 g/mol. The number of carbonyl (C=O) groups excluding carboxylic acids is 5. The lowest BCUT2D eigenvalue weighted by Gasteiger charge is -2.38. The molecule has 1 aromatic carbocycles. The van der Waals surface area contributed by atoms with Crippen molar-refractivity contribution in [3.63, 3.8) is 0 Å². The van der Waals surface area contributed by atoms with Gasteiger partial charge in [0.05, 0.1) is 23.4 Å². The lowest BCUT2D eigenvalue weighted by Crippen LogP contribution is -2.62. The van der Waals surface area contributed by atoms with Crippen molar-refractivity contribution >= 4 is 35.2 Å². The third kappa shape index (κ3) is 2.49. The largest absolute Gasteiger partial charge is 0.324 e. The van der Waals surface area contributed by atoms with Gasteiger partial charge in [0, 0.05) is 6.42 Å². The highest BCUT2D eigenvalue weighted by molar-refractivity contribution is 6.26. The minimum atomic E-state index is -1.48. The lowest BCUT2D eigenvalue weighted by atomic mass is 9.89. The second kappa shape index (κ2) is 5.78. The summed E-state index contributed by atoms with van der Waals surface area (Å²) in [5, 5.41) is 4.64. The molecule has 0 bridgehead atoms. The van der Waals surface area contributed by atoms with Gasteiger partial charge < -0.3 is 11.1 Å². The molecular formula is C16H16N4O5. The number of hydrogen-bond acceptors (Lipinski definition) is 6. The Labute approximate surface area is 142 Å². The smallest absolute Gasteiger partial charge is 0.264 e. The Morgan fingerprint density at radius 2 is 2.00 bits per heavy atom. The summed E-state index contributed by atoms with van der Waals surface area (Å²) < 4.78 is 0. The average Bonchev–Trinajstić information content (AvgIpc) is 2.84. The standard InChI is InChI=1S/C16H16N4O5/c1-16(6-5-10(21)19-15(16)25)20-13(23)8-3-2-4-9(12(8)14(20)24)18-11(22)7-17/h2-4H,5-7,17H2,1H3,(H,18,22)(H,19,21,25). The number of nitrogens with zero attached hydrogens (tertiary/aromatic N) is 1. The van der Waals surface area contributed by atoms with Crippen LogP contribution in [0.25, 0.3) is 0 Å². The molecule has 2 aliphatic rings. The molecule has 1 fully saturated rings. The molecule has 0 spiro atoms. The molecule has 2 aliphatic heterocycles. The van der Waals surface area contributed by atoms with E-state index in [-0.39, 0.29) is 36.2 Å². The van der Waals surface area contributed by atoms with Crippen molar-refractivity contribution in [3.8, 4) is 0 Å². The molecule has 1 aromatic rings. The van der Waals surface area contributed by atoms with Crippen LogP contribution in [0.15, 0.2) is 18.2 Å². The van der Waals surface area contributed by atoms with Gasteiger partial charge in [-0.2, -0.15) is 0 Å². The minimum absolute atomic E-state index is 0.0141. The van der Waals surface area contributed by atoms with E-state index < -0.39 is 35.1 Å². The van der Waals surface area contributed by atoms with Crippen molar-refractivity contribution in [1.82, 2.24) is 10.2 Å². The van der Waals surface area contributed by atoms with Crippen LogP contribution in [0.2, 0.25) is 0 Å². The number of imide groups is 2. The molecule has 2 heterocycles. The Balaban J connectivity index is 2.03. The van der Waals surface area contributed by atoms with Gasteiger partial charge in [-0.05, 0) is 25.5 Å². The van der Waals surface area contributed by atoms with Crippen LogP contribution in [0.4, 0.5) is 5.69 Å². The zero-order valence-electron chi connectivity index (χ0n) is 13.4. The maximum atomic E-state index is 12.9. The number of amides is 5. The van der Waals surface area contributed by atoms with Crippen molar-refractivity contribution in [3.05, 3.63) is 29.3 Å². The fraction of sp³-hybridized carbons (Fsp3) is 0.312. The van der Waals surface area contributed by atoms with Gasteiger partial charge in [-0.15, -0.1) is 0 Å². The molecule has 1 atom stereocenters. The molecule has 130 valence electrons. The first kappa shape index (κ1) is 16.8. The summed E-state index contributed by atoms with van der Waals surface area (Å²) in [6.07, 6.45) is 0.0556. The van der Waals surface area contributed by atoms with E-state index in [0.717, 1.165) is 4.90 Å². The zero-order valence-corrected chi connectivity index (χ0v) is 13.4. The highest BCUT2D eigenvalue weighted by atomic mass is 16.2. The van der Waals surface area contributed by atoms with Crippen LogP contribution in [0.1, 0.15) is 40.5 Å². The van der Waals surface area contributed by atoms with Gasteiger partial charge >= 0.3 is 0 Å². The summed E-state index contributed by atoms with van der Waals surface area (Å²) in [4.78, 5) is 61.7. The molecule has 3 rings (SSSR count). The number of nitrogens with one attached hydrogen (secondary N) is 2. The van der Waals surface area contributed by atoms with Crippen LogP contribution in [-0.2, 0) is 14.4 Å². The highest BCUT2D eigenvalue weighted by Gasteiger charge is 2.53. The van der Waals surface area contributed by atoms with E-state index in [2.05, 4.69) is 10.6 Å². The number of carbonyl (C=O) groups is 5. The monoisotopic (exact) mass is 344 g/mol. The fourth-order valence-corrected chi connectivity index (χ4v) is 3.05. The normalized spacial score (nSPS) is 22.7. The van der Waals surface area contributed by atoms with E-state index in [1.165, 1.54) is 25.1 Å². The quantitative estimate of drug-likeness (QED) is 0.624. The number of hydrogen-bond donors (Lipinski definition) is 3. The molecule has 0 saturated carbocycles. The van der Waals surface area contributed by atoms with Crippen LogP contribution in [0, 0.1) is 0 Å². The average molecular weight is 344 g/mol. The zero-order chi connectivity index (χ0) is 18.4. The Hall–Kier alpha value is -3.07. The van der Waals surface area contributed by atoms with Crippen molar-refractivity contribution < 1.29 is 24.0 Å². The number of fused-ring (bicyclic) bond motifs is 1. The maximum absolute atomic E-state index is 12.9. The predicted molar refractivity (Wildman–Crippen MR) is 85.4 cm³/mol. The number of nitrogens with two attached hydrogens (primary N) is 1. The van der Waals surface area contributed by atoms with Gasteiger partial charge in [-0.1, -0.05) is 6.07 Å². The molecule has 25 heavy (non-hydrogen) atoms. The van der Waals surface area contributed by atoms with E-state index in [9.17, 15) is 24.0 Å². The van der Waals surface area contributed by atoms with Crippen molar-refractivity contribution in [2.75, 3.05) is 11.9 Å². The molecule has 9 heteroatoms. The second-order valence-electron chi connectivity index (χ2n) is 6.08. The Morgan fingerprint density at radius 1 is 1.28 bits per heavy atom. The van der Waals surface area contributed by atoms with Gasteiger partial charge in [-0.3, -0.25) is 34.2 Å².